The second-order valence-electron chi connectivity index (χ2n) is 7.02. The fourth-order valence-corrected chi connectivity index (χ4v) is 3.92. The summed E-state index contributed by atoms with van der Waals surface area (Å²) in [5, 5.41) is 6.09. The van der Waals surface area contributed by atoms with Crippen LogP contribution in [0, 0.1) is 0 Å². The van der Waals surface area contributed by atoms with Crippen LogP contribution in [0.1, 0.15) is 57.8 Å². The second kappa shape index (κ2) is 7.99. The zero-order valence-corrected chi connectivity index (χ0v) is 13.9. The molecule has 0 aromatic heterocycles. The lowest BCUT2D eigenvalue weighted by atomic mass is 9.96. The molecule has 6 heteroatoms. The molecule has 2 N–H and O–H groups in total. The SMILES string of the molecule is O=C(NC[C@H]1CCCO1)[C@H]1CCCN1C(=O)NC1CCCCC1. The summed E-state index contributed by atoms with van der Waals surface area (Å²) in [5.74, 6) is -0.0307. The summed E-state index contributed by atoms with van der Waals surface area (Å²) in [5.41, 5.74) is 0. The average Bonchev–Trinajstić information content (AvgIpc) is 3.25. The lowest BCUT2D eigenvalue weighted by molar-refractivity contribution is -0.125. The number of nitrogens with zero attached hydrogens (tertiary/aromatic N) is 1. The van der Waals surface area contributed by atoms with Crippen LogP contribution in [-0.2, 0) is 9.53 Å². The molecule has 0 spiro atoms. The molecule has 0 aromatic rings. The molecule has 2 saturated heterocycles. The Balaban J connectivity index is 1.47. The summed E-state index contributed by atoms with van der Waals surface area (Å²) in [6, 6.07) is -0.0980. The molecule has 1 aliphatic carbocycles. The van der Waals surface area contributed by atoms with Crippen LogP contribution in [0.5, 0.6) is 0 Å². The van der Waals surface area contributed by atoms with Crippen molar-refractivity contribution < 1.29 is 14.3 Å². The number of carbonyl (C=O) groups is 2. The van der Waals surface area contributed by atoms with Crippen LogP contribution in [0.2, 0.25) is 0 Å². The number of likely N-dealkylation sites (tertiary alicyclic amines) is 1. The molecule has 0 aromatic carbocycles. The van der Waals surface area contributed by atoms with Crippen molar-refractivity contribution in [2.75, 3.05) is 19.7 Å². The van der Waals surface area contributed by atoms with E-state index in [1.54, 1.807) is 4.90 Å². The molecule has 0 bridgehead atoms. The van der Waals surface area contributed by atoms with E-state index < -0.39 is 0 Å². The molecule has 130 valence electrons. The summed E-state index contributed by atoms with van der Waals surface area (Å²) in [6.45, 7) is 2.03. The minimum atomic E-state index is -0.319. The highest BCUT2D eigenvalue weighted by atomic mass is 16.5. The second-order valence-corrected chi connectivity index (χ2v) is 7.02. The van der Waals surface area contributed by atoms with E-state index in [9.17, 15) is 9.59 Å². The molecule has 6 nitrogen and oxygen atoms in total. The number of ether oxygens (including phenoxy) is 1. The van der Waals surface area contributed by atoms with Gasteiger partial charge in [-0.25, -0.2) is 4.79 Å². The van der Waals surface area contributed by atoms with Crippen LogP contribution in [0.3, 0.4) is 0 Å². The van der Waals surface area contributed by atoms with Crippen molar-refractivity contribution in [3.8, 4) is 0 Å². The number of urea groups is 1. The van der Waals surface area contributed by atoms with E-state index in [1.165, 1.54) is 19.3 Å². The maximum atomic E-state index is 12.5. The first kappa shape index (κ1) is 16.6. The Kier molecular flexibility index (Phi) is 5.75. The molecule has 0 unspecified atom stereocenters. The van der Waals surface area contributed by atoms with Gasteiger partial charge < -0.3 is 20.3 Å². The highest BCUT2D eigenvalue weighted by molar-refractivity contribution is 5.87. The van der Waals surface area contributed by atoms with Crippen LogP contribution in [-0.4, -0.2) is 54.7 Å². The van der Waals surface area contributed by atoms with Crippen LogP contribution < -0.4 is 10.6 Å². The first-order chi connectivity index (χ1) is 11.2. The summed E-state index contributed by atoms with van der Waals surface area (Å²) in [4.78, 5) is 26.6. The predicted molar refractivity (Wildman–Crippen MR) is 87.1 cm³/mol. The van der Waals surface area contributed by atoms with Crippen molar-refractivity contribution in [2.45, 2.75) is 76.0 Å². The maximum absolute atomic E-state index is 12.5. The van der Waals surface area contributed by atoms with Gasteiger partial charge in [-0.1, -0.05) is 19.3 Å². The fraction of sp³-hybridized carbons (Fsp3) is 0.882. The topological polar surface area (TPSA) is 70.7 Å². The minimum absolute atomic E-state index is 0.0307. The Labute approximate surface area is 138 Å². The van der Waals surface area contributed by atoms with Crippen molar-refractivity contribution in [3.63, 3.8) is 0 Å². The quantitative estimate of drug-likeness (QED) is 0.828. The minimum Gasteiger partial charge on any atom is -0.376 e. The van der Waals surface area contributed by atoms with E-state index in [2.05, 4.69) is 10.6 Å². The normalized spacial score (nSPS) is 28.8. The van der Waals surface area contributed by atoms with Gasteiger partial charge in [-0.3, -0.25) is 4.79 Å². The Morgan fingerprint density at radius 3 is 2.57 bits per heavy atom. The summed E-state index contributed by atoms with van der Waals surface area (Å²) >= 11 is 0. The van der Waals surface area contributed by atoms with Gasteiger partial charge in [0.25, 0.3) is 0 Å². The summed E-state index contributed by atoms with van der Waals surface area (Å²) in [6.07, 6.45) is 9.66. The first-order valence-electron chi connectivity index (χ1n) is 9.20. The van der Waals surface area contributed by atoms with Gasteiger partial charge in [0.2, 0.25) is 5.91 Å². The number of hydrogen-bond donors (Lipinski definition) is 2. The molecule has 23 heavy (non-hydrogen) atoms. The third kappa shape index (κ3) is 4.37. The molecule has 2 heterocycles. The Hall–Kier alpha value is -1.30. The van der Waals surface area contributed by atoms with Gasteiger partial charge in [0.05, 0.1) is 6.10 Å². The zero-order chi connectivity index (χ0) is 16.1. The number of amides is 3. The molecule has 2 atom stereocenters. The lowest BCUT2D eigenvalue weighted by Gasteiger charge is -2.29. The monoisotopic (exact) mass is 323 g/mol. The van der Waals surface area contributed by atoms with E-state index in [0.717, 1.165) is 45.1 Å². The van der Waals surface area contributed by atoms with E-state index in [4.69, 9.17) is 4.74 Å². The standard InChI is InChI=1S/C17H29N3O3/c21-16(18-12-14-8-5-11-23-14)15-9-4-10-20(15)17(22)19-13-6-2-1-3-7-13/h13-15H,1-12H2,(H,18,21)(H,19,22)/t14-,15-/m1/s1. The van der Waals surface area contributed by atoms with Gasteiger partial charge >= 0.3 is 6.03 Å². The molecule has 3 rings (SSSR count). The Bertz CT molecular complexity index is 417. The van der Waals surface area contributed by atoms with E-state index in [1.807, 2.05) is 0 Å². The van der Waals surface area contributed by atoms with Gasteiger partial charge in [0.15, 0.2) is 0 Å². The fourth-order valence-electron chi connectivity index (χ4n) is 3.92. The van der Waals surface area contributed by atoms with Crippen molar-refractivity contribution in [3.05, 3.63) is 0 Å². The summed E-state index contributed by atoms with van der Waals surface area (Å²) < 4.78 is 5.53. The van der Waals surface area contributed by atoms with E-state index in [-0.39, 0.29) is 30.1 Å². The number of carbonyl (C=O) groups excluding carboxylic acids is 2. The highest BCUT2D eigenvalue weighted by Crippen LogP contribution is 2.21. The van der Waals surface area contributed by atoms with Crippen molar-refractivity contribution in [1.29, 1.82) is 0 Å². The zero-order valence-electron chi connectivity index (χ0n) is 13.9. The molecule has 3 fully saturated rings. The highest BCUT2D eigenvalue weighted by Gasteiger charge is 2.35. The van der Waals surface area contributed by atoms with E-state index >= 15 is 0 Å². The number of nitrogens with one attached hydrogen (secondary N) is 2. The first-order valence-corrected chi connectivity index (χ1v) is 9.20. The molecule has 0 radical (unpaired) electrons. The Morgan fingerprint density at radius 1 is 1.00 bits per heavy atom. The van der Waals surface area contributed by atoms with Crippen molar-refractivity contribution in [2.24, 2.45) is 0 Å². The van der Waals surface area contributed by atoms with Crippen LogP contribution in [0.25, 0.3) is 0 Å². The van der Waals surface area contributed by atoms with Gasteiger partial charge in [-0.05, 0) is 38.5 Å². The maximum Gasteiger partial charge on any atom is 0.318 e. The molecule has 2 aliphatic heterocycles. The van der Waals surface area contributed by atoms with Gasteiger partial charge in [-0.2, -0.15) is 0 Å². The molecular formula is C17H29N3O3. The third-order valence-corrected chi connectivity index (χ3v) is 5.28. The largest absolute Gasteiger partial charge is 0.376 e. The smallest absolute Gasteiger partial charge is 0.318 e. The third-order valence-electron chi connectivity index (χ3n) is 5.28. The van der Waals surface area contributed by atoms with Crippen molar-refractivity contribution in [1.82, 2.24) is 15.5 Å². The van der Waals surface area contributed by atoms with Gasteiger partial charge in [-0.15, -0.1) is 0 Å². The number of rotatable bonds is 4. The molecule has 1 saturated carbocycles. The summed E-state index contributed by atoms with van der Waals surface area (Å²) in [7, 11) is 0. The molecule has 3 amide bonds. The van der Waals surface area contributed by atoms with E-state index in [0.29, 0.717) is 13.1 Å². The van der Waals surface area contributed by atoms with Gasteiger partial charge in [0.1, 0.15) is 6.04 Å². The van der Waals surface area contributed by atoms with Gasteiger partial charge in [0, 0.05) is 25.7 Å². The van der Waals surface area contributed by atoms with Crippen molar-refractivity contribution >= 4 is 11.9 Å². The molecule has 3 aliphatic rings. The van der Waals surface area contributed by atoms with Crippen LogP contribution >= 0.6 is 0 Å². The lowest BCUT2D eigenvalue weighted by Crippen LogP contribution is -2.52. The average molecular weight is 323 g/mol. The van der Waals surface area contributed by atoms with Crippen LogP contribution in [0.15, 0.2) is 0 Å². The predicted octanol–water partition coefficient (Wildman–Crippen LogP) is 1.79. The molecular weight excluding hydrogens is 294 g/mol. The number of hydrogen-bond acceptors (Lipinski definition) is 3. The Morgan fingerprint density at radius 2 is 1.83 bits per heavy atom. The van der Waals surface area contributed by atoms with Crippen LogP contribution in [0.4, 0.5) is 4.79 Å².